The van der Waals surface area contributed by atoms with E-state index in [1.54, 1.807) is 6.92 Å². The predicted molar refractivity (Wildman–Crippen MR) is 53.5 cm³/mol. The van der Waals surface area contributed by atoms with E-state index in [0.29, 0.717) is 12.6 Å². The summed E-state index contributed by atoms with van der Waals surface area (Å²) in [6.45, 7) is 4.43. The zero-order chi connectivity index (χ0) is 9.84. The molecule has 0 bridgehead atoms. The van der Waals surface area contributed by atoms with Crippen LogP contribution in [0.3, 0.4) is 0 Å². The van der Waals surface area contributed by atoms with Crippen molar-refractivity contribution in [2.75, 3.05) is 6.54 Å². The number of Topliss-reactive ketones (excluding diaryl/α,β-unsaturated/α-hetero) is 1. The Hall–Kier alpha value is -0.410. The molecular formula is C10H20N2O. The first-order chi connectivity index (χ1) is 6.11. The first kappa shape index (κ1) is 10.7. The maximum atomic E-state index is 10.9. The minimum atomic E-state index is -0.326. The molecule has 0 spiro atoms. The molecule has 0 aromatic rings. The van der Waals surface area contributed by atoms with Gasteiger partial charge >= 0.3 is 0 Å². The lowest BCUT2D eigenvalue weighted by molar-refractivity contribution is -0.118. The maximum Gasteiger partial charge on any atom is 0.147 e. The Balaban J connectivity index is 2.22. The molecule has 0 aromatic heterocycles. The lowest BCUT2D eigenvalue weighted by Gasteiger charge is -2.19. The summed E-state index contributed by atoms with van der Waals surface area (Å²) in [6, 6.07) is 0.248. The third kappa shape index (κ3) is 3.08. The van der Waals surface area contributed by atoms with Gasteiger partial charge in [-0.1, -0.05) is 13.3 Å². The van der Waals surface area contributed by atoms with Gasteiger partial charge in [-0.3, -0.25) is 4.79 Å². The first-order valence-corrected chi connectivity index (χ1v) is 5.10. The van der Waals surface area contributed by atoms with Crippen molar-refractivity contribution in [1.82, 2.24) is 5.32 Å². The molecule has 0 heterocycles. The largest absolute Gasteiger partial charge is 0.320 e. The Bertz CT molecular complexity index is 182. The van der Waals surface area contributed by atoms with Crippen molar-refractivity contribution in [3.63, 3.8) is 0 Å². The minimum Gasteiger partial charge on any atom is -0.320 e. The van der Waals surface area contributed by atoms with Crippen molar-refractivity contribution in [3.8, 4) is 0 Å². The number of carbonyl (C=O) groups excluding carboxylic acids is 1. The number of ketones is 1. The summed E-state index contributed by atoms with van der Waals surface area (Å²) in [5.74, 6) is 0.803. The standard InChI is InChI=1S/C10H20N2O/c1-7-4-3-5-10(7)12-6-9(11)8(2)13/h7,9-10,12H,3-6,11H2,1-2H3. The monoisotopic (exact) mass is 184 g/mol. The predicted octanol–water partition coefficient (Wildman–Crippen LogP) is 0.681. The summed E-state index contributed by atoms with van der Waals surface area (Å²) < 4.78 is 0. The van der Waals surface area contributed by atoms with E-state index < -0.39 is 0 Å². The van der Waals surface area contributed by atoms with Crippen LogP contribution in [0.2, 0.25) is 0 Å². The van der Waals surface area contributed by atoms with Gasteiger partial charge in [-0.25, -0.2) is 0 Å². The highest BCUT2D eigenvalue weighted by Crippen LogP contribution is 2.24. The Morgan fingerprint density at radius 3 is 2.77 bits per heavy atom. The molecule has 0 amide bonds. The molecule has 3 atom stereocenters. The van der Waals surface area contributed by atoms with E-state index in [2.05, 4.69) is 12.2 Å². The van der Waals surface area contributed by atoms with Crippen LogP contribution in [-0.4, -0.2) is 24.4 Å². The minimum absolute atomic E-state index is 0.0677. The zero-order valence-corrected chi connectivity index (χ0v) is 8.55. The van der Waals surface area contributed by atoms with Crippen LogP contribution in [0.15, 0.2) is 0 Å². The van der Waals surface area contributed by atoms with Gasteiger partial charge in [-0.15, -0.1) is 0 Å². The van der Waals surface area contributed by atoms with Crippen LogP contribution in [0.5, 0.6) is 0 Å². The molecule has 1 saturated carbocycles. The third-order valence-corrected chi connectivity index (χ3v) is 2.98. The van der Waals surface area contributed by atoms with E-state index in [-0.39, 0.29) is 11.8 Å². The van der Waals surface area contributed by atoms with Gasteiger partial charge in [0.05, 0.1) is 6.04 Å². The highest BCUT2D eigenvalue weighted by molar-refractivity contribution is 5.81. The molecule has 0 saturated heterocycles. The number of rotatable bonds is 4. The van der Waals surface area contributed by atoms with Gasteiger partial charge in [0, 0.05) is 12.6 Å². The molecule has 0 aromatic carbocycles. The molecule has 0 aliphatic heterocycles. The zero-order valence-electron chi connectivity index (χ0n) is 8.55. The molecule has 0 radical (unpaired) electrons. The average Bonchev–Trinajstić information content (AvgIpc) is 2.47. The van der Waals surface area contributed by atoms with Crippen molar-refractivity contribution in [3.05, 3.63) is 0 Å². The summed E-state index contributed by atoms with van der Waals surface area (Å²) in [5.41, 5.74) is 5.63. The van der Waals surface area contributed by atoms with Gasteiger partial charge in [0.15, 0.2) is 0 Å². The number of nitrogens with two attached hydrogens (primary N) is 1. The SMILES string of the molecule is CC(=O)C(N)CNC1CCCC1C. The normalized spacial score (nSPS) is 30.4. The van der Waals surface area contributed by atoms with Crippen molar-refractivity contribution >= 4 is 5.78 Å². The molecular weight excluding hydrogens is 164 g/mol. The van der Waals surface area contributed by atoms with Crippen LogP contribution in [0, 0.1) is 5.92 Å². The molecule has 76 valence electrons. The average molecular weight is 184 g/mol. The van der Waals surface area contributed by atoms with Gasteiger partial charge in [0.2, 0.25) is 0 Å². The van der Waals surface area contributed by atoms with E-state index in [4.69, 9.17) is 5.73 Å². The second kappa shape index (κ2) is 4.72. The topological polar surface area (TPSA) is 55.1 Å². The Morgan fingerprint density at radius 1 is 1.62 bits per heavy atom. The van der Waals surface area contributed by atoms with E-state index in [1.165, 1.54) is 19.3 Å². The second-order valence-electron chi connectivity index (χ2n) is 4.14. The van der Waals surface area contributed by atoms with Gasteiger partial charge in [0.25, 0.3) is 0 Å². The van der Waals surface area contributed by atoms with Crippen LogP contribution in [-0.2, 0) is 4.79 Å². The van der Waals surface area contributed by atoms with Crippen molar-refractivity contribution < 1.29 is 4.79 Å². The highest BCUT2D eigenvalue weighted by atomic mass is 16.1. The Kier molecular flexibility index (Phi) is 3.88. The number of nitrogens with one attached hydrogen (secondary N) is 1. The van der Waals surface area contributed by atoms with Gasteiger partial charge in [0.1, 0.15) is 5.78 Å². The molecule has 1 aliphatic carbocycles. The fourth-order valence-corrected chi connectivity index (χ4v) is 1.87. The van der Waals surface area contributed by atoms with Gasteiger partial charge in [-0.05, 0) is 25.7 Å². The van der Waals surface area contributed by atoms with Crippen LogP contribution in [0.25, 0.3) is 0 Å². The van der Waals surface area contributed by atoms with E-state index in [1.807, 2.05) is 0 Å². The molecule has 13 heavy (non-hydrogen) atoms. The Morgan fingerprint density at radius 2 is 2.31 bits per heavy atom. The lowest BCUT2D eigenvalue weighted by atomic mass is 10.1. The molecule has 3 heteroatoms. The smallest absolute Gasteiger partial charge is 0.147 e. The number of hydrogen-bond acceptors (Lipinski definition) is 3. The number of hydrogen-bond donors (Lipinski definition) is 2. The van der Waals surface area contributed by atoms with Crippen LogP contribution in [0.4, 0.5) is 0 Å². The summed E-state index contributed by atoms with van der Waals surface area (Å²) in [4.78, 5) is 10.9. The van der Waals surface area contributed by atoms with Gasteiger partial charge in [-0.2, -0.15) is 0 Å². The molecule has 1 fully saturated rings. The molecule has 3 nitrogen and oxygen atoms in total. The molecule has 3 N–H and O–H groups in total. The van der Waals surface area contributed by atoms with E-state index >= 15 is 0 Å². The summed E-state index contributed by atoms with van der Waals surface area (Å²) >= 11 is 0. The third-order valence-electron chi connectivity index (χ3n) is 2.98. The lowest BCUT2D eigenvalue weighted by Crippen LogP contribution is -2.43. The fourth-order valence-electron chi connectivity index (χ4n) is 1.87. The van der Waals surface area contributed by atoms with Crippen LogP contribution < -0.4 is 11.1 Å². The fraction of sp³-hybridized carbons (Fsp3) is 0.900. The molecule has 1 aliphatic rings. The summed E-state index contributed by atoms with van der Waals surface area (Å²) in [5, 5.41) is 3.37. The van der Waals surface area contributed by atoms with Crippen LogP contribution in [0.1, 0.15) is 33.1 Å². The summed E-state index contributed by atoms with van der Waals surface area (Å²) in [6.07, 6.45) is 3.83. The second-order valence-corrected chi connectivity index (χ2v) is 4.14. The molecule has 1 rings (SSSR count). The number of carbonyl (C=O) groups is 1. The van der Waals surface area contributed by atoms with Gasteiger partial charge < -0.3 is 11.1 Å². The highest BCUT2D eigenvalue weighted by Gasteiger charge is 2.23. The molecule has 3 unspecified atom stereocenters. The van der Waals surface area contributed by atoms with Crippen molar-refractivity contribution in [2.24, 2.45) is 11.7 Å². The summed E-state index contributed by atoms with van der Waals surface area (Å²) in [7, 11) is 0. The van der Waals surface area contributed by atoms with Crippen molar-refractivity contribution in [2.45, 2.75) is 45.2 Å². The quantitative estimate of drug-likeness (QED) is 0.675. The van der Waals surface area contributed by atoms with E-state index in [9.17, 15) is 4.79 Å². The first-order valence-electron chi connectivity index (χ1n) is 5.10. The van der Waals surface area contributed by atoms with Crippen molar-refractivity contribution in [1.29, 1.82) is 0 Å². The van der Waals surface area contributed by atoms with Crippen LogP contribution >= 0.6 is 0 Å². The maximum absolute atomic E-state index is 10.9. The van der Waals surface area contributed by atoms with E-state index in [0.717, 1.165) is 5.92 Å². The Labute approximate surface area is 80.1 Å².